The zero-order valence-electron chi connectivity index (χ0n) is 9.63. The van der Waals surface area contributed by atoms with E-state index in [4.69, 9.17) is 4.74 Å². The third-order valence-electron chi connectivity index (χ3n) is 3.49. The average Bonchev–Trinajstić information content (AvgIpc) is 2.88. The number of hydrogen-bond acceptors (Lipinski definition) is 3. The molecule has 0 amide bonds. The third-order valence-corrected chi connectivity index (χ3v) is 3.49. The fourth-order valence-corrected chi connectivity index (χ4v) is 2.56. The van der Waals surface area contributed by atoms with Crippen molar-refractivity contribution in [3.05, 3.63) is 0 Å². The molecule has 3 heteroatoms. The molecule has 0 bridgehead atoms. The van der Waals surface area contributed by atoms with Gasteiger partial charge in [-0.2, -0.15) is 0 Å². The predicted molar refractivity (Wildman–Crippen MR) is 62.1 cm³/mol. The van der Waals surface area contributed by atoms with Gasteiger partial charge in [0.05, 0.1) is 12.7 Å². The van der Waals surface area contributed by atoms with Crippen molar-refractivity contribution in [2.24, 2.45) is 0 Å². The van der Waals surface area contributed by atoms with Gasteiger partial charge in [0.2, 0.25) is 0 Å². The van der Waals surface area contributed by atoms with Crippen LogP contribution in [0.5, 0.6) is 0 Å². The Morgan fingerprint density at radius 2 is 2.00 bits per heavy atom. The molecule has 1 atom stereocenters. The molecule has 2 fully saturated rings. The lowest BCUT2D eigenvalue weighted by Crippen LogP contribution is -2.35. The standard InChI is InChI=1S/C12H24N2O/c1-2-6-12(5-1)15-9-8-13-10-11-4-3-7-14-11/h11-14H,1-10H2. The minimum Gasteiger partial charge on any atom is -0.377 e. The van der Waals surface area contributed by atoms with Crippen LogP contribution in [0, 0.1) is 0 Å². The van der Waals surface area contributed by atoms with Crippen LogP contribution in [0.2, 0.25) is 0 Å². The van der Waals surface area contributed by atoms with E-state index in [0.717, 1.165) is 19.7 Å². The lowest BCUT2D eigenvalue weighted by atomic mass is 10.2. The largest absolute Gasteiger partial charge is 0.377 e. The van der Waals surface area contributed by atoms with E-state index in [1.807, 2.05) is 0 Å². The molecule has 0 aromatic rings. The first-order valence-electron chi connectivity index (χ1n) is 6.51. The summed E-state index contributed by atoms with van der Waals surface area (Å²) in [5.74, 6) is 0. The molecule has 15 heavy (non-hydrogen) atoms. The van der Waals surface area contributed by atoms with Crippen LogP contribution < -0.4 is 10.6 Å². The van der Waals surface area contributed by atoms with Crippen molar-refractivity contribution in [1.82, 2.24) is 10.6 Å². The second kappa shape index (κ2) is 6.46. The maximum atomic E-state index is 5.78. The molecule has 0 spiro atoms. The molecule has 1 aliphatic heterocycles. The van der Waals surface area contributed by atoms with Gasteiger partial charge in [-0.25, -0.2) is 0 Å². The first kappa shape index (κ1) is 11.4. The Hall–Kier alpha value is -0.120. The normalized spacial score (nSPS) is 27.6. The van der Waals surface area contributed by atoms with Crippen molar-refractivity contribution in [2.45, 2.75) is 50.7 Å². The maximum Gasteiger partial charge on any atom is 0.0594 e. The zero-order chi connectivity index (χ0) is 10.3. The van der Waals surface area contributed by atoms with E-state index in [0.29, 0.717) is 12.1 Å². The van der Waals surface area contributed by atoms with E-state index in [1.54, 1.807) is 0 Å². The van der Waals surface area contributed by atoms with Gasteiger partial charge in [-0.1, -0.05) is 12.8 Å². The van der Waals surface area contributed by atoms with Crippen molar-refractivity contribution in [3.8, 4) is 0 Å². The molecular formula is C12H24N2O. The Morgan fingerprint density at radius 3 is 2.73 bits per heavy atom. The van der Waals surface area contributed by atoms with Crippen molar-refractivity contribution in [2.75, 3.05) is 26.2 Å². The van der Waals surface area contributed by atoms with E-state index < -0.39 is 0 Å². The monoisotopic (exact) mass is 212 g/mol. The summed E-state index contributed by atoms with van der Waals surface area (Å²) in [6.07, 6.45) is 8.53. The van der Waals surface area contributed by atoms with Gasteiger partial charge >= 0.3 is 0 Å². The summed E-state index contributed by atoms with van der Waals surface area (Å²) < 4.78 is 5.78. The van der Waals surface area contributed by atoms with Gasteiger partial charge in [0, 0.05) is 19.1 Å². The molecule has 1 saturated carbocycles. The lowest BCUT2D eigenvalue weighted by Gasteiger charge is -2.13. The first-order chi connectivity index (χ1) is 7.45. The van der Waals surface area contributed by atoms with Crippen molar-refractivity contribution in [1.29, 1.82) is 0 Å². The van der Waals surface area contributed by atoms with E-state index in [-0.39, 0.29) is 0 Å². The Kier molecular flexibility index (Phi) is 4.90. The Morgan fingerprint density at radius 1 is 1.13 bits per heavy atom. The Balaban J connectivity index is 1.41. The summed E-state index contributed by atoms with van der Waals surface area (Å²) in [4.78, 5) is 0. The number of hydrogen-bond donors (Lipinski definition) is 2. The lowest BCUT2D eigenvalue weighted by molar-refractivity contribution is 0.0602. The number of rotatable bonds is 6. The summed E-state index contributed by atoms with van der Waals surface area (Å²) in [6.45, 7) is 4.20. The highest BCUT2D eigenvalue weighted by Crippen LogP contribution is 2.20. The minimum absolute atomic E-state index is 0.566. The predicted octanol–water partition coefficient (Wildman–Crippen LogP) is 1.29. The maximum absolute atomic E-state index is 5.78. The Bertz CT molecular complexity index is 145. The van der Waals surface area contributed by atoms with E-state index in [9.17, 15) is 0 Å². The van der Waals surface area contributed by atoms with Crippen LogP contribution in [-0.4, -0.2) is 38.4 Å². The summed E-state index contributed by atoms with van der Waals surface area (Å²) in [5, 5.41) is 6.95. The molecule has 2 rings (SSSR count). The first-order valence-corrected chi connectivity index (χ1v) is 6.51. The average molecular weight is 212 g/mol. The van der Waals surface area contributed by atoms with Gasteiger partial charge in [0.1, 0.15) is 0 Å². The van der Waals surface area contributed by atoms with Crippen LogP contribution in [0.4, 0.5) is 0 Å². The molecule has 1 aliphatic carbocycles. The minimum atomic E-state index is 0.566. The SMILES string of the molecule is C1CNC(CNCCOC2CCCC2)C1. The van der Waals surface area contributed by atoms with Gasteiger partial charge in [-0.05, 0) is 32.2 Å². The molecule has 0 radical (unpaired) electrons. The summed E-state index contributed by atoms with van der Waals surface area (Å²) >= 11 is 0. The molecular weight excluding hydrogens is 188 g/mol. The molecule has 1 saturated heterocycles. The van der Waals surface area contributed by atoms with Crippen LogP contribution in [0.3, 0.4) is 0 Å². The van der Waals surface area contributed by atoms with Crippen LogP contribution in [-0.2, 0) is 4.74 Å². The Labute approximate surface area is 93.0 Å². The molecule has 1 heterocycles. The topological polar surface area (TPSA) is 33.3 Å². The van der Waals surface area contributed by atoms with Crippen LogP contribution >= 0.6 is 0 Å². The molecule has 0 aromatic carbocycles. The molecule has 0 aromatic heterocycles. The fourth-order valence-electron chi connectivity index (χ4n) is 2.56. The quantitative estimate of drug-likeness (QED) is 0.651. The number of nitrogens with one attached hydrogen (secondary N) is 2. The molecule has 1 unspecified atom stereocenters. The van der Waals surface area contributed by atoms with E-state index >= 15 is 0 Å². The second-order valence-electron chi connectivity index (χ2n) is 4.77. The highest BCUT2D eigenvalue weighted by molar-refractivity contribution is 4.76. The van der Waals surface area contributed by atoms with Gasteiger partial charge in [-0.3, -0.25) is 0 Å². The zero-order valence-corrected chi connectivity index (χ0v) is 9.63. The van der Waals surface area contributed by atoms with Crippen LogP contribution in [0.1, 0.15) is 38.5 Å². The van der Waals surface area contributed by atoms with Gasteiger partial charge in [-0.15, -0.1) is 0 Å². The van der Waals surface area contributed by atoms with Crippen molar-refractivity contribution in [3.63, 3.8) is 0 Å². The van der Waals surface area contributed by atoms with Crippen LogP contribution in [0.25, 0.3) is 0 Å². The highest BCUT2D eigenvalue weighted by atomic mass is 16.5. The number of ether oxygens (including phenoxy) is 1. The van der Waals surface area contributed by atoms with Gasteiger partial charge < -0.3 is 15.4 Å². The summed E-state index contributed by atoms with van der Waals surface area (Å²) in [5.41, 5.74) is 0. The molecule has 3 nitrogen and oxygen atoms in total. The molecule has 88 valence electrons. The van der Waals surface area contributed by atoms with Gasteiger partial charge in [0.15, 0.2) is 0 Å². The molecule has 2 aliphatic rings. The smallest absolute Gasteiger partial charge is 0.0594 e. The third kappa shape index (κ3) is 4.09. The summed E-state index contributed by atoms with van der Waals surface area (Å²) in [6, 6.07) is 0.705. The fraction of sp³-hybridized carbons (Fsp3) is 1.00. The van der Waals surface area contributed by atoms with Gasteiger partial charge in [0.25, 0.3) is 0 Å². The van der Waals surface area contributed by atoms with E-state index in [1.165, 1.54) is 45.1 Å². The highest BCUT2D eigenvalue weighted by Gasteiger charge is 2.15. The van der Waals surface area contributed by atoms with Crippen molar-refractivity contribution < 1.29 is 4.74 Å². The second-order valence-corrected chi connectivity index (χ2v) is 4.77. The van der Waals surface area contributed by atoms with Crippen molar-refractivity contribution >= 4 is 0 Å². The molecule has 2 N–H and O–H groups in total. The van der Waals surface area contributed by atoms with Crippen LogP contribution in [0.15, 0.2) is 0 Å². The van der Waals surface area contributed by atoms with E-state index in [2.05, 4.69) is 10.6 Å². The summed E-state index contributed by atoms with van der Waals surface area (Å²) in [7, 11) is 0.